The van der Waals surface area contributed by atoms with Gasteiger partial charge in [-0.15, -0.1) is 0 Å². The molecule has 37 heavy (non-hydrogen) atoms. The predicted octanol–water partition coefficient (Wildman–Crippen LogP) is 9.43. The molecule has 1 aliphatic rings. The number of aryl methyl sites for hydroxylation is 1. The Morgan fingerprint density at radius 1 is 0.865 bits per heavy atom. The second-order valence-electron chi connectivity index (χ2n) is 10.0. The van der Waals surface area contributed by atoms with E-state index in [9.17, 15) is 0 Å². The molecule has 0 unspecified atom stereocenters. The van der Waals surface area contributed by atoms with Crippen LogP contribution < -0.4 is 5.32 Å². The molecule has 0 amide bonds. The van der Waals surface area contributed by atoms with Gasteiger partial charge in [0.2, 0.25) is 0 Å². The molecule has 0 aliphatic heterocycles. The van der Waals surface area contributed by atoms with Crippen molar-refractivity contribution < 1.29 is 0 Å². The molecule has 2 heteroatoms. The summed E-state index contributed by atoms with van der Waals surface area (Å²) < 4.78 is 0. The second kappa shape index (κ2) is 14.5. The molecule has 1 N–H and O–H groups in total. The quantitative estimate of drug-likeness (QED) is 0.302. The summed E-state index contributed by atoms with van der Waals surface area (Å²) >= 11 is 0. The third-order valence-corrected chi connectivity index (χ3v) is 7.36. The largest absolute Gasteiger partial charge is 0.374 e. The van der Waals surface area contributed by atoms with Crippen LogP contribution in [0.2, 0.25) is 0 Å². The molecule has 3 aromatic rings. The number of rotatable bonds is 10. The van der Waals surface area contributed by atoms with Crippen molar-refractivity contribution >= 4 is 17.1 Å². The van der Waals surface area contributed by atoms with Crippen molar-refractivity contribution in [2.24, 2.45) is 5.92 Å². The maximum Gasteiger partial charge on any atom is 0.0387 e. The van der Waals surface area contributed by atoms with Crippen molar-refractivity contribution in [1.29, 1.82) is 0 Å². The van der Waals surface area contributed by atoms with Gasteiger partial charge in [0.05, 0.1) is 0 Å². The first-order valence-corrected chi connectivity index (χ1v) is 14.2. The van der Waals surface area contributed by atoms with Crippen molar-refractivity contribution in [2.45, 2.75) is 65.7 Å². The minimum absolute atomic E-state index is 0.805. The zero-order valence-corrected chi connectivity index (χ0v) is 23.5. The van der Waals surface area contributed by atoms with Crippen LogP contribution in [0.5, 0.6) is 0 Å². The Labute approximate surface area is 226 Å². The minimum atomic E-state index is 0.805. The average Bonchev–Trinajstić information content (AvgIpc) is 2.95. The first-order valence-electron chi connectivity index (χ1n) is 14.2. The van der Waals surface area contributed by atoms with Gasteiger partial charge in [0.1, 0.15) is 0 Å². The average molecular weight is 495 g/mol. The summed E-state index contributed by atoms with van der Waals surface area (Å²) in [5.41, 5.74) is 9.45. The fraction of sp³-hybridized carbons (Fsp3) is 0.371. The summed E-state index contributed by atoms with van der Waals surface area (Å²) in [5, 5.41) is 3.53. The lowest BCUT2D eigenvalue weighted by Crippen LogP contribution is -2.26. The van der Waals surface area contributed by atoms with E-state index in [1.54, 1.807) is 0 Å². The van der Waals surface area contributed by atoms with Crippen LogP contribution in [0.25, 0.3) is 11.4 Å². The van der Waals surface area contributed by atoms with Crippen molar-refractivity contribution in [3.63, 3.8) is 0 Å². The molecule has 0 aromatic heterocycles. The van der Waals surface area contributed by atoms with E-state index >= 15 is 0 Å². The lowest BCUT2D eigenvalue weighted by Gasteiger charge is -2.30. The normalized spacial score (nSPS) is 13.3. The SMILES string of the molecule is C=C(Nc1ccc(C(=C)N(C)CC2CCCCC2)c(CC)c1)c1ccc(Cc2ccccc2)cc1.CC. The molecule has 0 spiro atoms. The molecule has 1 fully saturated rings. The van der Waals surface area contributed by atoms with E-state index in [0.29, 0.717) is 0 Å². The third-order valence-electron chi connectivity index (χ3n) is 7.36. The van der Waals surface area contributed by atoms with Gasteiger partial charge in [0.15, 0.2) is 0 Å². The number of hydrogen-bond donors (Lipinski definition) is 1. The Hall–Kier alpha value is -3.26. The van der Waals surface area contributed by atoms with Crippen LogP contribution in [0.4, 0.5) is 5.69 Å². The molecule has 3 aromatic carbocycles. The lowest BCUT2D eigenvalue weighted by molar-refractivity contribution is 0.289. The molecule has 1 aliphatic carbocycles. The van der Waals surface area contributed by atoms with Crippen LogP contribution in [-0.2, 0) is 12.8 Å². The number of nitrogens with zero attached hydrogens (tertiary/aromatic N) is 1. The summed E-state index contributed by atoms with van der Waals surface area (Å²) in [6, 6.07) is 25.9. The molecule has 0 radical (unpaired) electrons. The molecule has 196 valence electrons. The highest BCUT2D eigenvalue weighted by molar-refractivity contribution is 5.77. The van der Waals surface area contributed by atoms with E-state index in [1.165, 1.54) is 54.4 Å². The molecule has 0 atom stereocenters. The smallest absolute Gasteiger partial charge is 0.0387 e. The van der Waals surface area contributed by atoms with Crippen LogP contribution in [0.1, 0.15) is 80.7 Å². The van der Waals surface area contributed by atoms with E-state index in [1.807, 2.05) is 13.8 Å². The fourth-order valence-corrected chi connectivity index (χ4v) is 5.22. The lowest BCUT2D eigenvalue weighted by atomic mass is 9.88. The number of benzene rings is 3. The topological polar surface area (TPSA) is 15.3 Å². The molecule has 0 bridgehead atoms. The van der Waals surface area contributed by atoms with Crippen LogP contribution in [0.3, 0.4) is 0 Å². The summed E-state index contributed by atoms with van der Waals surface area (Å²) in [7, 11) is 2.20. The van der Waals surface area contributed by atoms with Crippen molar-refractivity contribution in [1.82, 2.24) is 4.90 Å². The van der Waals surface area contributed by atoms with E-state index in [4.69, 9.17) is 0 Å². The maximum atomic E-state index is 4.46. The highest BCUT2D eigenvalue weighted by Gasteiger charge is 2.18. The van der Waals surface area contributed by atoms with Crippen LogP contribution in [0, 0.1) is 5.92 Å². The van der Waals surface area contributed by atoms with Gasteiger partial charge in [-0.1, -0.05) is 114 Å². The predicted molar refractivity (Wildman–Crippen MR) is 164 cm³/mol. The van der Waals surface area contributed by atoms with E-state index in [-0.39, 0.29) is 0 Å². The van der Waals surface area contributed by atoms with Crippen LogP contribution in [0.15, 0.2) is 86.0 Å². The van der Waals surface area contributed by atoms with Gasteiger partial charge in [0, 0.05) is 36.2 Å². The Bertz CT molecular complexity index is 1120. The first-order chi connectivity index (χ1) is 18.0. The molecular formula is C35H46N2. The summed E-state index contributed by atoms with van der Waals surface area (Å²) in [6.45, 7) is 16.1. The van der Waals surface area contributed by atoms with Gasteiger partial charge in [0.25, 0.3) is 0 Å². The van der Waals surface area contributed by atoms with Crippen molar-refractivity contribution in [3.8, 4) is 0 Å². The molecule has 1 saturated carbocycles. The fourth-order valence-electron chi connectivity index (χ4n) is 5.22. The molecule has 2 nitrogen and oxygen atoms in total. The molecular weight excluding hydrogens is 448 g/mol. The van der Waals surface area contributed by atoms with Gasteiger partial charge >= 0.3 is 0 Å². The molecule has 0 heterocycles. The minimum Gasteiger partial charge on any atom is -0.374 e. The monoisotopic (exact) mass is 494 g/mol. The Kier molecular flexibility index (Phi) is 11.1. The van der Waals surface area contributed by atoms with E-state index in [2.05, 4.69) is 110 Å². The summed E-state index contributed by atoms with van der Waals surface area (Å²) in [5.74, 6) is 0.805. The Morgan fingerprint density at radius 2 is 1.51 bits per heavy atom. The number of hydrogen-bond acceptors (Lipinski definition) is 2. The van der Waals surface area contributed by atoms with Crippen LogP contribution >= 0.6 is 0 Å². The zero-order valence-electron chi connectivity index (χ0n) is 23.5. The zero-order chi connectivity index (χ0) is 26.6. The summed E-state index contributed by atoms with van der Waals surface area (Å²) in [6.07, 6.45) is 8.80. The highest BCUT2D eigenvalue weighted by atomic mass is 15.1. The van der Waals surface area contributed by atoms with Gasteiger partial charge in [-0.25, -0.2) is 0 Å². The Morgan fingerprint density at radius 3 is 2.16 bits per heavy atom. The van der Waals surface area contributed by atoms with E-state index in [0.717, 1.165) is 47.9 Å². The molecule has 4 rings (SSSR count). The Balaban J connectivity index is 0.00000186. The maximum absolute atomic E-state index is 4.46. The van der Waals surface area contributed by atoms with Crippen molar-refractivity contribution in [2.75, 3.05) is 18.9 Å². The third kappa shape index (κ3) is 8.12. The molecule has 0 saturated heterocycles. The van der Waals surface area contributed by atoms with Gasteiger partial charge in [-0.2, -0.15) is 0 Å². The summed E-state index contributed by atoms with van der Waals surface area (Å²) in [4.78, 5) is 2.37. The number of nitrogens with one attached hydrogen (secondary N) is 1. The van der Waals surface area contributed by atoms with Gasteiger partial charge < -0.3 is 10.2 Å². The van der Waals surface area contributed by atoms with Crippen molar-refractivity contribution in [3.05, 3.63) is 114 Å². The number of anilines is 1. The standard InChI is InChI=1S/C33H40N2.C2H6/c1-5-30-23-32(20-21-33(30)26(3)35(4)24-29-14-10-7-11-15-29)34-25(2)31-18-16-28(17-19-31)22-27-12-8-6-9-13-27;1-2/h6,8-9,12-13,16-21,23,29,34H,2-3,5,7,10-11,14-15,22,24H2,1,4H3;1-2H3. The second-order valence-corrected chi connectivity index (χ2v) is 10.0. The van der Waals surface area contributed by atoms with Crippen LogP contribution in [-0.4, -0.2) is 18.5 Å². The highest BCUT2D eigenvalue weighted by Crippen LogP contribution is 2.29. The van der Waals surface area contributed by atoms with Gasteiger partial charge in [-0.3, -0.25) is 0 Å². The van der Waals surface area contributed by atoms with E-state index < -0.39 is 0 Å². The van der Waals surface area contributed by atoms with Gasteiger partial charge in [-0.05, 0) is 66.0 Å². The first kappa shape index (κ1) is 28.3.